The van der Waals surface area contributed by atoms with Crippen LogP contribution in [0.15, 0.2) is 60.9 Å². The predicted octanol–water partition coefficient (Wildman–Crippen LogP) is 5.38. The van der Waals surface area contributed by atoms with Crippen LogP contribution < -0.4 is 15.4 Å². The quantitative estimate of drug-likeness (QED) is 0.566. The van der Waals surface area contributed by atoms with Gasteiger partial charge in [-0.05, 0) is 49.2 Å². The first kappa shape index (κ1) is 19.7. The zero-order valence-electron chi connectivity index (χ0n) is 15.6. The van der Waals surface area contributed by atoms with E-state index in [1.165, 1.54) is 24.5 Å². The molecule has 6 nitrogen and oxygen atoms in total. The van der Waals surface area contributed by atoms with Gasteiger partial charge in [0.15, 0.2) is 0 Å². The van der Waals surface area contributed by atoms with Crippen LogP contribution in [0.3, 0.4) is 0 Å². The number of hydrogen-bond donors (Lipinski definition) is 2. The Morgan fingerprint density at radius 1 is 1.00 bits per heavy atom. The number of benzene rings is 2. The highest BCUT2D eigenvalue weighted by molar-refractivity contribution is 5.94. The van der Waals surface area contributed by atoms with Crippen molar-refractivity contribution >= 4 is 23.1 Å². The van der Waals surface area contributed by atoms with E-state index in [0.717, 1.165) is 25.0 Å². The molecule has 0 bridgehead atoms. The van der Waals surface area contributed by atoms with Gasteiger partial charge in [0.05, 0.1) is 5.56 Å². The molecule has 2 N–H and O–H groups in total. The average Bonchev–Trinajstić information content (AvgIpc) is 3.54. The second-order valence-corrected chi connectivity index (χ2v) is 6.84. The zero-order chi connectivity index (χ0) is 21.1. The summed E-state index contributed by atoms with van der Waals surface area (Å²) in [6.07, 6.45) is -1.39. The third kappa shape index (κ3) is 5.05. The van der Waals surface area contributed by atoms with E-state index in [0.29, 0.717) is 17.2 Å². The smallest absolute Gasteiger partial charge is 0.416 e. The molecule has 1 amide bonds. The Labute approximate surface area is 170 Å². The summed E-state index contributed by atoms with van der Waals surface area (Å²) < 4.78 is 44.0. The molecule has 0 unspecified atom stereocenters. The monoisotopic (exact) mass is 414 g/mol. The molecule has 0 atom stereocenters. The lowest BCUT2D eigenvalue weighted by Gasteiger charge is -2.11. The first-order valence-electron chi connectivity index (χ1n) is 9.22. The Hall–Kier alpha value is -3.62. The van der Waals surface area contributed by atoms with Gasteiger partial charge in [0, 0.05) is 23.4 Å². The van der Waals surface area contributed by atoms with Gasteiger partial charge in [-0.2, -0.15) is 13.2 Å². The number of alkyl halides is 3. The Morgan fingerprint density at radius 3 is 2.53 bits per heavy atom. The van der Waals surface area contributed by atoms with Crippen LogP contribution >= 0.6 is 0 Å². The van der Waals surface area contributed by atoms with E-state index in [-0.39, 0.29) is 23.5 Å². The standard InChI is InChI=1S/C21H17F3N4O2/c22-21(23,24)14-3-1-6-17(9-14)30-19-11-18(25-12-26-19)27-15-4-2-5-16(10-15)28-20(29)13-7-8-13/h1-6,9-13H,7-8H2,(H,28,29)(H,25,26,27). The minimum atomic E-state index is -4.46. The molecule has 1 heterocycles. The van der Waals surface area contributed by atoms with Crippen molar-refractivity contribution in [3.63, 3.8) is 0 Å². The summed E-state index contributed by atoms with van der Waals surface area (Å²) in [5.74, 6) is 0.590. The lowest BCUT2D eigenvalue weighted by atomic mass is 10.2. The molecule has 3 aromatic rings. The molecule has 0 spiro atoms. The average molecular weight is 414 g/mol. The van der Waals surface area contributed by atoms with Gasteiger partial charge in [-0.25, -0.2) is 9.97 Å². The minimum Gasteiger partial charge on any atom is -0.439 e. The summed E-state index contributed by atoms with van der Waals surface area (Å²) in [5, 5.41) is 5.93. The van der Waals surface area contributed by atoms with Gasteiger partial charge in [-0.15, -0.1) is 0 Å². The van der Waals surface area contributed by atoms with Crippen LogP contribution in [0.5, 0.6) is 11.6 Å². The van der Waals surface area contributed by atoms with Crippen molar-refractivity contribution in [3.05, 3.63) is 66.5 Å². The number of carbonyl (C=O) groups excluding carboxylic acids is 1. The second kappa shape index (κ2) is 8.02. The predicted molar refractivity (Wildman–Crippen MR) is 105 cm³/mol. The van der Waals surface area contributed by atoms with Crippen LogP contribution in [-0.4, -0.2) is 15.9 Å². The van der Waals surface area contributed by atoms with Crippen LogP contribution in [0.2, 0.25) is 0 Å². The molecule has 2 aromatic carbocycles. The lowest BCUT2D eigenvalue weighted by Crippen LogP contribution is -2.13. The van der Waals surface area contributed by atoms with Crippen LogP contribution in [0.1, 0.15) is 18.4 Å². The maximum absolute atomic E-state index is 12.9. The number of ether oxygens (including phenoxy) is 1. The normalized spacial score (nSPS) is 13.6. The molecular formula is C21H17F3N4O2. The first-order chi connectivity index (χ1) is 14.4. The van der Waals surface area contributed by atoms with Crippen molar-refractivity contribution < 1.29 is 22.7 Å². The van der Waals surface area contributed by atoms with Gasteiger partial charge in [-0.3, -0.25) is 4.79 Å². The number of amides is 1. The highest BCUT2D eigenvalue weighted by Gasteiger charge is 2.31. The van der Waals surface area contributed by atoms with E-state index < -0.39 is 11.7 Å². The van der Waals surface area contributed by atoms with Crippen molar-refractivity contribution in [1.82, 2.24) is 9.97 Å². The fourth-order valence-electron chi connectivity index (χ4n) is 2.73. The van der Waals surface area contributed by atoms with Gasteiger partial charge >= 0.3 is 6.18 Å². The van der Waals surface area contributed by atoms with Crippen molar-refractivity contribution in [3.8, 4) is 11.6 Å². The van der Waals surface area contributed by atoms with E-state index in [1.54, 1.807) is 24.3 Å². The van der Waals surface area contributed by atoms with Crippen molar-refractivity contribution in [1.29, 1.82) is 0 Å². The maximum atomic E-state index is 12.9. The third-order valence-corrected chi connectivity index (χ3v) is 4.38. The summed E-state index contributed by atoms with van der Waals surface area (Å²) in [6, 6.07) is 13.1. The largest absolute Gasteiger partial charge is 0.439 e. The molecule has 9 heteroatoms. The molecule has 1 aliphatic carbocycles. The molecule has 1 saturated carbocycles. The molecule has 1 fully saturated rings. The fourth-order valence-corrected chi connectivity index (χ4v) is 2.73. The molecular weight excluding hydrogens is 397 g/mol. The van der Waals surface area contributed by atoms with Crippen molar-refractivity contribution in [2.24, 2.45) is 5.92 Å². The van der Waals surface area contributed by atoms with Gasteiger partial charge in [0.1, 0.15) is 17.9 Å². The fraction of sp³-hybridized carbons (Fsp3) is 0.190. The van der Waals surface area contributed by atoms with Gasteiger partial charge < -0.3 is 15.4 Å². The van der Waals surface area contributed by atoms with E-state index in [9.17, 15) is 18.0 Å². The Bertz CT molecular complexity index is 1070. The van der Waals surface area contributed by atoms with Gasteiger partial charge in [0.25, 0.3) is 0 Å². The number of aromatic nitrogens is 2. The highest BCUT2D eigenvalue weighted by atomic mass is 19.4. The second-order valence-electron chi connectivity index (χ2n) is 6.84. The summed E-state index contributed by atoms with van der Waals surface area (Å²) in [6.45, 7) is 0. The number of carbonyl (C=O) groups is 1. The van der Waals surface area contributed by atoms with Gasteiger partial charge in [0.2, 0.25) is 11.8 Å². The number of rotatable bonds is 6. The number of halogens is 3. The van der Waals surface area contributed by atoms with Gasteiger partial charge in [-0.1, -0.05) is 12.1 Å². The first-order valence-corrected chi connectivity index (χ1v) is 9.22. The minimum absolute atomic E-state index is 0.00552. The van der Waals surface area contributed by atoms with Crippen LogP contribution in [0, 0.1) is 5.92 Å². The molecule has 1 aromatic heterocycles. The van der Waals surface area contributed by atoms with Crippen molar-refractivity contribution in [2.75, 3.05) is 10.6 Å². The van der Waals surface area contributed by atoms with E-state index >= 15 is 0 Å². The molecule has 154 valence electrons. The Kier molecular flexibility index (Phi) is 5.26. The van der Waals surface area contributed by atoms with Crippen LogP contribution in [0.4, 0.5) is 30.4 Å². The molecule has 4 rings (SSSR count). The molecule has 30 heavy (non-hydrogen) atoms. The number of nitrogens with one attached hydrogen (secondary N) is 2. The zero-order valence-corrected chi connectivity index (χ0v) is 15.6. The summed E-state index contributed by atoms with van der Waals surface area (Å²) in [4.78, 5) is 19.9. The SMILES string of the molecule is O=C(Nc1cccc(Nc2cc(Oc3cccc(C(F)(F)F)c3)ncn2)c1)C1CC1. The highest BCUT2D eigenvalue weighted by Crippen LogP contribution is 2.33. The molecule has 0 radical (unpaired) electrons. The number of hydrogen-bond acceptors (Lipinski definition) is 5. The molecule has 0 saturated heterocycles. The molecule has 0 aliphatic heterocycles. The number of nitrogens with zero attached hydrogens (tertiary/aromatic N) is 2. The lowest BCUT2D eigenvalue weighted by molar-refractivity contribution is -0.137. The van der Waals surface area contributed by atoms with E-state index in [4.69, 9.17) is 4.74 Å². The summed E-state index contributed by atoms with van der Waals surface area (Å²) in [7, 11) is 0. The van der Waals surface area contributed by atoms with E-state index in [2.05, 4.69) is 20.6 Å². The summed E-state index contributed by atoms with van der Waals surface area (Å²) in [5.41, 5.74) is 0.524. The van der Waals surface area contributed by atoms with E-state index in [1.807, 2.05) is 0 Å². The topological polar surface area (TPSA) is 76.1 Å². The Balaban J connectivity index is 1.46. The number of anilines is 3. The van der Waals surface area contributed by atoms with Crippen molar-refractivity contribution in [2.45, 2.75) is 19.0 Å². The van der Waals surface area contributed by atoms with Crippen LogP contribution in [0.25, 0.3) is 0 Å². The molecule has 1 aliphatic rings. The Morgan fingerprint density at radius 2 is 1.77 bits per heavy atom. The van der Waals surface area contributed by atoms with Crippen LogP contribution in [-0.2, 0) is 11.0 Å². The third-order valence-electron chi connectivity index (χ3n) is 4.38. The maximum Gasteiger partial charge on any atom is 0.416 e. The summed E-state index contributed by atoms with van der Waals surface area (Å²) >= 11 is 0.